The standard InChI is InChI=1S/C14H13ClN2O/c1-9-3-2-4-11(7-9)18-13-8-10(15)5-6-12(13)14(16)17/h2-8H,1H3,(H3,16,17). The van der Waals surface area contributed by atoms with E-state index in [1.807, 2.05) is 31.2 Å². The fourth-order valence-corrected chi connectivity index (χ4v) is 1.77. The first kappa shape index (κ1) is 12.5. The Morgan fingerprint density at radius 1 is 1.22 bits per heavy atom. The van der Waals surface area contributed by atoms with E-state index in [1.165, 1.54) is 0 Å². The molecule has 2 aromatic carbocycles. The van der Waals surface area contributed by atoms with Crippen LogP contribution >= 0.6 is 11.6 Å². The highest BCUT2D eigenvalue weighted by atomic mass is 35.5. The Kier molecular flexibility index (Phi) is 3.53. The molecule has 4 heteroatoms. The van der Waals surface area contributed by atoms with E-state index in [-0.39, 0.29) is 5.84 Å². The van der Waals surface area contributed by atoms with Crippen molar-refractivity contribution >= 4 is 17.4 Å². The lowest BCUT2D eigenvalue weighted by Gasteiger charge is -2.11. The van der Waals surface area contributed by atoms with E-state index in [2.05, 4.69) is 0 Å². The molecule has 0 aromatic heterocycles. The molecule has 2 rings (SSSR count). The largest absolute Gasteiger partial charge is 0.457 e. The first-order valence-electron chi connectivity index (χ1n) is 5.45. The average molecular weight is 261 g/mol. The molecule has 0 saturated carbocycles. The van der Waals surface area contributed by atoms with Crippen LogP contribution < -0.4 is 10.5 Å². The maximum absolute atomic E-state index is 7.51. The lowest BCUT2D eigenvalue weighted by Crippen LogP contribution is -2.12. The second-order valence-corrected chi connectivity index (χ2v) is 4.41. The van der Waals surface area contributed by atoms with Crippen molar-refractivity contribution < 1.29 is 4.74 Å². The van der Waals surface area contributed by atoms with E-state index in [4.69, 9.17) is 27.5 Å². The molecule has 0 saturated heterocycles. The number of hydrogen-bond donors (Lipinski definition) is 2. The summed E-state index contributed by atoms with van der Waals surface area (Å²) in [6.07, 6.45) is 0. The number of hydrogen-bond acceptors (Lipinski definition) is 2. The third kappa shape index (κ3) is 2.81. The Balaban J connectivity index is 2.39. The SMILES string of the molecule is Cc1cccc(Oc2cc(Cl)ccc2C(=N)N)c1. The van der Waals surface area contributed by atoms with Gasteiger partial charge >= 0.3 is 0 Å². The molecule has 2 aromatic rings. The Morgan fingerprint density at radius 2 is 2.00 bits per heavy atom. The predicted octanol–water partition coefficient (Wildman–Crippen LogP) is 3.72. The summed E-state index contributed by atoms with van der Waals surface area (Å²) in [5, 5.41) is 8.05. The van der Waals surface area contributed by atoms with Gasteiger partial charge in [0.25, 0.3) is 0 Å². The number of amidine groups is 1. The van der Waals surface area contributed by atoms with Crippen LogP contribution in [0.15, 0.2) is 42.5 Å². The van der Waals surface area contributed by atoms with Crippen molar-refractivity contribution in [1.29, 1.82) is 5.41 Å². The van der Waals surface area contributed by atoms with Gasteiger partial charge in [0, 0.05) is 11.1 Å². The van der Waals surface area contributed by atoms with Crippen LogP contribution in [0.1, 0.15) is 11.1 Å². The molecule has 92 valence electrons. The van der Waals surface area contributed by atoms with Crippen molar-refractivity contribution in [1.82, 2.24) is 0 Å². The van der Waals surface area contributed by atoms with Gasteiger partial charge in [-0.25, -0.2) is 0 Å². The molecule has 0 fully saturated rings. The maximum atomic E-state index is 7.51. The fourth-order valence-electron chi connectivity index (χ4n) is 1.61. The zero-order chi connectivity index (χ0) is 13.1. The number of nitrogens with two attached hydrogens (primary N) is 1. The van der Waals surface area contributed by atoms with Crippen LogP contribution in [0.25, 0.3) is 0 Å². The molecule has 3 nitrogen and oxygen atoms in total. The summed E-state index contributed by atoms with van der Waals surface area (Å²) >= 11 is 5.93. The van der Waals surface area contributed by atoms with Crippen molar-refractivity contribution in [3.8, 4) is 11.5 Å². The predicted molar refractivity (Wildman–Crippen MR) is 73.7 cm³/mol. The summed E-state index contributed by atoms with van der Waals surface area (Å²) in [4.78, 5) is 0. The van der Waals surface area contributed by atoms with E-state index in [0.29, 0.717) is 22.1 Å². The molecule has 0 unspecified atom stereocenters. The highest BCUT2D eigenvalue weighted by Crippen LogP contribution is 2.28. The van der Waals surface area contributed by atoms with Crippen LogP contribution in [0.2, 0.25) is 5.02 Å². The quantitative estimate of drug-likeness (QED) is 0.653. The topological polar surface area (TPSA) is 59.1 Å². The van der Waals surface area contributed by atoms with Gasteiger partial charge in [-0.2, -0.15) is 0 Å². The fraction of sp³-hybridized carbons (Fsp3) is 0.0714. The molecule has 0 heterocycles. The zero-order valence-corrected chi connectivity index (χ0v) is 10.7. The van der Waals surface area contributed by atoms with E-state index >= 15 is 0 Å². The van der Waals surface area contributed by atoms with E-state index < -0.39 is 0 Å². The number of nitrogens with one attached hydrogen (secondary N) is 1. The summed E-state index contributed by atoms with van der Waals surface area (Å²) in [6, 6.07) is 12.7. The van der Waals surface area contributed by atoms with Crippen LogP contribution in [0.5, 0.6) is 11.5 Å². The van der Waals surface area contributed by atoms with Gasteiger partial charge in [-0.3, -0.25) is 5.41 Å². The minimum absolute atomic E-state index is 0.0469. The van der Waals surface area contributed by atoms with Crippen molar-refractivity contribution in [2.45, 2.75) is 6.92 Å². The molecule has 0 aliphatic carbocycles. The summed E-state index contributed by atoms with van der Waals surface area (Å²) in [6.45, 7) is 1.98. The molecule has 3 N–H and O–H groups in total. The zero-order valence-electron chi connectivity index (χ0n) is 9.91. The molecule has 0 bridgehead atoms. The molecular weight excluding hydrogens is 248 g/mol. The number of halogens is 1. The first-order chi connectivity index (χ1) is 8.56. The number of aryl methyl sites for hydroxylation is 1. The van der Waals surface area contributed by atoms with E-state index in [1.54, 1.807) is 18.2 Å². The van der Waals surface area contributed by atoms with Crippen molar-refractivity contribution in [2.75, 3.05) is 0 Å². The van der Waals surface area contributed by atoms with Crippen LogP contribution in [-0.2, 0) is 0 Å². The summed E-state index contributed by atoms with van der Waals surface area (Å²) in [5.41, 5.74) is 7.13. The maximum Gasteiger partial charge on any atom is 0.139 e. The van der Waals surface area contributed by atoms with Gasteiger partial charge in [0.2, 0.25) is 0 Å². The second-order valence-electron chi connectivity index (χ2n) is 3.97. The summed E-state index contributed by atoms with van der Waals surface area (Å²) in [7, 11) is 0. The van der Waals surface area contributed by atoms with Crippen LogP contribution in [0.4, 0.5) is 0 Å². The van der Waals surface area contributed by atoms with E-state index in [0.717, 1.165) is 5.56 Å². The van der Waals surface area contributed by atoms with Gasteiger partial charge in [-0.05, 0) is 36.8 Å². The summed E-state index contributed by atoms with van der Waals surface area (Å²) in [5.74, 6) is 1.13. The lowest BCUT2D eigenvalue weighted by molar-refractivity contribution is 0.481. The van der Waals surface area contributed by atoms with Gasteiger partial charge in [-0.1, -0.05) is 23.7 Å². The van der Waals surface area contributed by atoms with E-state index in [9.17, 15) is 0 Å². The number of benzene rings is 2. The molecule has 0 spiro atoms. The molecule has 0 amide bonds. The monoisotopic (exact) mass is 260 g/mol. The molecule has 0 aliphatic rings. The first-order valence-corrected chi connectivity index (χ1v) is 5.82. The van der Waals surface area contributed by atoms with Crippen molar-refractivity contribution in [3.05, 3.63) is 58.6 Å². The highest BCUT2D eigenvalue weighted by molar-refractivity contribution is 6.30. The number of ether oxygens (including phenoxy) is 1. The number of nitrogen functional groups attached to an aromatic ring is 1. The van der Waals surface area contributed by atoms with Gasteiger partial charge in [-0.15, -0.1) is 0 Å². The minimum Gasteiger partial charge on any atom is -0.457 e. The van der Waals surface area contributed by atoms with Crippen LogP contribution in [0, 0.1) is 12.3 Å². The highest BCUT2D eigenvalue weighted by Gasteiger charge is 2.08. The molecular formula is C14H13ClN2O. The number of rotatable bonds is 3. The van der Waals surface area contributed by atoms with Crippen LogP contribution in [0.3, 0.4) is 0 Å². The Morgan fingerprint density at radius 3 is 2.67 bits per heavy atom. The molecule has 0 atom stereocenters. The van der Waals surface area contributed by atoms with Crippen LogP contribution in [-0.4, -0.2) is 5.84 Å². The third-order valence-electron chi connectivity index (χ3n) is 2.45. The average Bonchev–Trinajstić information content (AvgIpc) is 2.28. The smallest absolute Gasteiger partial charge is 0.139 e. The van der Waals surface area contributed by atoms with Gasteiger partial charge in [0.05, 0.1) is 5.56 Å². The Hall–Kier alpha value is -2.00. The van der Waals surface area contributed by atoms with Crippen molar-refractivity contribution in [3.63, 3.8) is 0 Å². The normalized spacial score (nSPS) is 10.1. The van der Waals surface area contributed by atoms with Gasteiger partial charge < -0.3 is 10.5 Å². The lowest BCUT2D eigenvalue weighted by atomic mass is 10.2. The minimum atomic E-state index is -0.0469. The van der Waals surface area contributed by atoms with Gasteiger partial charge in [0.1, 0.15) is 17.3 Å². The Labute approximate surface area is 111 Å². The third-order valence-corrected chi connectivity index (χ3v) is 2.69. The molecule has 0 radical (unpaired) electrons. The Bertz CT molecular complexity index is 596. The summed E-state index contributed by atoms with van der Waals surface area (Å²) < 4.78 is 5.73. The molecule has 18 heavy (non-hydrogen) atoms. The van der Waals surface area contributed by atoms with Crippen molar-refractivity contribution in [2.24, 2.45) is 5.73 Å². The molecule has 0 aliphatic heterocycles. The second kappa shape index (κ2) is 5.10. The van der Waals surface area contributed by atoms with Gasteiger partial charge in [0.15, 0.2) is 0 Å².